The molecule has 1 rings (SSSR count). The van der Waals surface area contributed by atoms with Crippen molar-refractivity contribution in [2.24, 2.45) is 0 Å². The summed E-state index contributed by atoms with van der Waals surface area (Å²) in [7, 11) is 0. The van der Waals surface area contributed by atoms with E-state index < -0.39 is 11.6 Å². The van der Waals surface area contributed by atoms with Gasteiger partial charge in [0.05, 0.1) is 6.26 Å². The number of allylic oxidation sites excluding steroid dienone is 1. The van der Waals surface area contributed by atoms with Crippen molar-refractivity contribution in [3.63, 3.8) is 0 Å². The van der Waals surface area contributed by atoms with Crippen LogP contribution in [0.15, 0.2) is 11.8 Å². The number of rotatable bonds is 11. The summed E-state index contributed by atoms with van der Waals surface area (Å²) in [6.45, 7) is 4.38. The lowest BCUT2D eigenvalue weighted by molar-refractivity contribution is -0.162. The lowest BCUT2D eigenvalue weighted by Crippen LogP contribution is -2.42. The lowest BCUT2D eigenvalue weighted by Gasteiger charge is -2.33. The third-order valence-corrected chi connectivity index (χ3v) is 4.48. The standard InChI is InChI=1S/C18H32O3/c1-3-5-7-9-11-16-12-14-18(17(19)20,21-15-16)13-10-8-6-4-2/h15H,3-14H2,1-2H3,(H,19,20). The van der Waals surface area contributed by atoms with Crippen LogP contribution < -0.4 is 0 Å². The van der Waals surface area contributed by atoms with E-state index in [0.717, 1.165) is 25.7 Å². The lowest BCUT2D eigenvalue weighted by atomic mass is 9.86. The van der Waals surface area contributed by atoms with Gasteiger partial charge in [0, 0.05) is 6.42 Å². The van der Waals surface area contributed by atoms with Crippen LogP contribution in [0.1, 0.15) is 90.9 Å². The van der Waals surface area contributed by atoms with Crippen LogP contribution in [0.4, 0.5) is 0 Å². The van der Waals surface area contributed by atoms with Gasteiger partial charge in [-0.05, 0) is 37.7 Å². The van der Waals surface area contributed by atoms with Crippen molar-refractivity contribution < 1.29 is 14.6 Å². The predicted octanol–water partition coefficient (Wildman–Crippen LogP) is 5.44. The van der Waals surface area contributed by atoms with E-state index in [1.165, 1.54) is 44.1 Å². The van der Waals surface area contributed by atoms with Gasteiger partial charge in [-0.2, -0.15) is 0 Å². The minimum Gasteiger partial charge on any atom is -0.483 e. The smallest absolute Gasteiger partial charge is 0.348 e. The highest BCUT2D eigenvalue weighted by Crippen LogP contribution is 2.34. The topological polar surface area (TPSA) is 46.5 Å². The van der Waals surface area contributed by atoms with Crippen LogP contribution in [0.2, 0.25) is 0 Å². The molecule has 122 valence electrons. The largest absolute Gasteiger partial charge is 0.483 e. The third kappa shape index (κ3) is 6.11. The summed E-state index contributed by atoms with van der Waals surface area (Å²) in [6.07, 6.45) is 14.3. The van der Waals surface area contributed by atoms with E-state index in [0.29, 0.717) is 12.8 Å². The van der Waals surface area contributed by atoms with Crippen molar-refractivity contribution in [3.8, 4) is 0 Å². The van der Waals surface area contributed by atoms with E-state index in [1.54, 1.807) is 6.26 Å². The summed E-state index contributed by atoms with van der Waals surface area (Å²) in [5.41, 5.74) is 0.331. The van der Waals surface area contributed by atoms with Crippen molar-refractivity contribution in [3.05, 3.63) is 11.8 Å². The fraction of sp³-hybridized carbons (Fsp3) is 0.833. The summed E-state index contributed by atoms with van der Waals surface area (Å²) < 4.78 is 5.72. The number of carboxylic acid groups (broad SMARTS) is 1. The molecule has 1 unspecified atom stereocenters. The molecule has 0 aromatic rings. The molecule has 1 atom stereocenters. The Labute approximate surface area is 129 Å². The minimum atomic E-state index is -0.958. The van der Waals surface area contributed by atoms with Gasteiger partial charge < -0.3 is 9.84 Å². The number of hydrogen-bond acceptors (Lipinski definition) is 2. The maximum atomic E-state index is 11.6. The Bertz CT molecular complexity index is 335. The predicted molar refractivity (Wildman–Crippen MR) is 86.3 cm³/mol. The first kappa shape index (κ1) is 18.1. The summed E-state index contributed by atoms with van der Waals surface area (Å²) >= 11 is 0. The Morgan fingerprint density at radius 2 is 1.81 bits per heavy atom. The molecule has 0 spiro atoms. The van der Waals surface area contributed by atoms with Gasteiger partial charge in [0.25, 0.3) is 0 Å². The van der Waals surface area contributed by atoms with E-state index in [1.807, 2.05) is 0 Å². The molecule has 0 bridgehead atoms. The van der Waals surface area contributed by atoms with E-state index >= 15 is 0 Å². The molecule has 0 aromatic heterocycles. The molecule has 0 fully saturated rings. The molecule has 1 aliphatic rings. The van der Waals surface area contributed by atoms with Crippen LogP contribution >= 0.6 is 0 Å². The quantitative estimate of drug-likeness (QED) is 0.516. The maximum absolute atomic E-state index is 11.6. The second-order valence-electron chi connectivity index (χ2n) is 6.31. The Morgan fingerprint density at radius 1 is 1.14 bits per heavy atom. The SMILES string of the molecule is CCCCCCC1=COC(CCCCCC)(C(=O)O)CC1. The highest BCUT2D eigenvalue weighted by atomic mass is 16.5. The molecule has 0 amide bonds. The molecule has 3 nitrogen and oxygen atoms in total. The van der Waals surface area contributed by atoms with Gasteiger partial charge in [0.15, 0.2) is 0 Å². The van der Waals surface area contributed by atoms with Gasteiger partial charge in [-0.15, -0.1) is 0 Å². The molecule has 1 N–H and O–H groups in total. The third-order valence-electron chi connectivity index (χ3n) is 4.48. The van der Waals surface area contributed by atoms with Crippen LogP contribution in [-0.4, -0.2) is 16.7 Å². The average molecular weight is 296 g/mol. The number of aliphatic carboxylic acids is 1. The Kier molecular flexibility index (Phi) is 8.48. The molecule has 0 radical (unpaired) electrons. The monoisotopic (exact) mass is 296 g/mol. The molecular formula is C18H32O3. The average Bonchev–Trinajstić information content (AvgIpc) is 2.49. The number of hydrogen-bond donors (Lipinski definition) is 1. The molecule has 0 aliphatic carbocycles. The van der Waals surface area contributed by atoms with E-state index in [-0.39, 0.29) is 0 Å². The second-order valence-corrected chi connectivity index (χ2v) is 6.31. The van der Waals surface area contributed by atoms with E-state index in [4.69, 9.17) is 4.74 Å². The summed E-state index contributed by atoms with van der Waals surface area (Å²) in [5, 5.41) is 9.52. The number of unbranched alkanes of at least 4 members (excludes halogenated alkanes) is 6. The first-order valence-electron chi connectivity index (χ1n) is 8.73. The van der Waals surface area contributed by atoms with Crippen LogP contribution in [0.5, 0.6) is 0 Å². The molecular weight excluding hydrogens is 264 g/mol. The molecule has 3 heteroatoms. The van der Waals surface area contributed by atoms with Crippen LogP contribution in [0.3, 0.4) is 0 Å². The van der Waals surface area contributed by atoms with Crippen molar-refractivity contribution in [1.82, 2.24) is 0 Å². The highest BCUT2D eigenvalue weighted by molar-refractivity contribution is 5.77. The minimum absolute atomic E-state index is 0.633. The molecule has 1 aliphatic heterocycles. The van der Waals surface area contributed by atoms with E-state index in [2.05, 4.69) is 13.8 Å². The van der Waals surface area contributed by atoms with Gasteiger partial charge >= 0.3 is 5.97 Å². The molecule has 1 heterocycles. The van der Waals surface area contributed by atoms with Gasteiger partial charge in [-0.25, -0.2) is 4.79 Å². The normalized spacial score (nSPS) is 21.7. The molecule has 0 saturated carbocycles. The Balaban J connectivity index is 2.42. The van der Waals surface area contributed by atoms with Crippen LogP contribution in [-0.2, 0) is 9.53 Å². The van der Waals surface area contributed by atoms with Crippen LogP contribution in [0, 0.1) is 0 Å². The van der Waals surface area contributed by atoms with Crippen molar-refractivity contribution in [2.45, 2.75) is 96.5 Å². The van der Waals surface area contributed by atoms with Crippen molar-refractivity contribution in [2.75, 3.05) is 0 Å². The second kappa shape index (κ2) is 9.86. The zero-order chi connectivity index (χ0) is 15.6. The van der Waals surface area contributed by atoms with Gasteiger partial charge in [-0.3, -0.25) is 0 Å². The fourth-order valence-corrected chi connectivity index (χ4v) is 2.92. The maximum Gasteiger partial charge on any atom is 0.348 e. The zero-order valence-electron chi connectivity index (χ0n) is 13.8. The molecule has 21 heavy (non-hydrogen) atoms. The number of ether oxygens (including phenoxy) is 1. The molecule has 0 saturated heterocycles. The first-order valence-corrected chi connectivity index (χ1v) is 8.73. The number of carboxylic acids is 1. The van der Waals surface area contributed by atoms with Gasteiger partial charge in [0.1, 0.15) is 0 Å². The van der Waals surface area contributed by atoms with Gasteiger partial charge in [0.2, 0.25) is 5.60 Å². The summed E-state index contributed by atoms with van der Waals surface area (Å²) in [4.78, 5) is 11.6. The Morgan fingerprint density at radius 3 is 2.33 bits per heavy atom. The zero-order valence-corrected chi connectivity index (χ0v) is 13.8. The first-order chi connectivity index (χ1) is 10.1. The van der Waals surface area contributed by atoms with Crippen molar-refractivity contribution in [1.29, 1.82) is 0 Å². The highest BCUT2D eigenvalue weighted by Gasteiger charge is 2.41. The number of carbonyl (C=O) groups is 1. The van der Waals surface area contributed by atoms with E-state index in [9.17, 15) is 9.90 Å². The summed E-state index contributed by atoms with van der Waals surface area (Å²) in [6, 6.07) is 0. The fourth-order valence-electron chi connectivity index (χ4n) is 2.92. The van der Waals surface area contributed by atoms with Crippen LogP contribution in [0.25, 0.3) is 0 Å². The molecule has 0 aromatic carbocycles. The van der Waals surface area contributed by atoms with Gasteiger partial charge in [-0.1, -0.05) is 52.4 Å². The van der Waals surface area contributed by atoms with Crippen molar-refractivity contribution >= 4 is 5.97 Å². The Hall–Kier alpha value is -0.990. The summed E-state index contributed by atoms with van der Waals surface area (Å²) in [5.74, 6) is -0.791.